The van der Waals surface area contributed by atoms with Crippen molar-refractivity contribution >= 4 is 26.2 Å². The number of hydrogen-bond donors (Lipinski definition) is 2. The Labute approximate surface area is 67.8 Å². The molecule has 0 saturated heterocycles. The Bertz CT molecular complexity index is 70.7. The number of rotatable bonds is 1. The summed E-state index contributed by atoms with van der Waals surface area (Å²) in [6.07, 6.45) is 0. The molecule has 9 heavy (non-hydrogen) atoms. The van der Waals surface area contributed by atoms with Crippen LogP contribution in [0.4, 0.5) is 0 Å². The summed E-state index contributed by atoms with van der Waals surface area (Å²) >= 11 is 0. The molecule has 0 aliphatic rings. The third-order valence-corrected chi connectivity index (χ3v) is 0.459. The summed E-state index contributed by atoms with van der Waals surface area (Å²) < 4.78 is 4.55. The van der Waals surface area contributed by atoms with Gasteiger partial charge in [0.1, 0.15) is 0 Å². The number of hydrogen-bond acceptors (Lipinski definition) is 3. The Balaban J connectivity index is 0. The fourth-order valence-corrected chi connectivity index (χ4v) is 0.316. The maximum atomic E-state index is 8.22. The predicted molar refractivity (Wildman–Crippen MR) is 38.2 cm³/mol. The minimum atomic E-state index is -1.66. The Morgan fingerprint density at radius 2 is 1.56 bits per heavy atom. The summed E-state index contributed by atoms with van der Waals surface area (Å²) in [5.74, 6) is 0. The van der Waals surface area contributed by atoms with Crippen LogP contribution in [0.25, 0.3) is 0 Å². The molecule has 0 fully saturated rings. The molecule has 50 valence electrons. The third-order valence-electron chi connectivity index (χ3n) is 0.459. The second-order valence-corrected chi connectivity index (χ2v) is 2.56. The van der Waals surface area contributed by atoms with Crippen LogP contribution in [0, 0.1) is 0 Å². The van der Waals surface area contributed by atoms with Gasteiger partial charge in [0.15, 0.2) is 0 Å². The van der Waals surface area contributed by atoms with E-state index >= 15 is 0 Å². The molecule has 5 heteroatoms. The molecule has 0 aliphatic carbocycles. The molecule has 0 aromatic rings. The van der Waals surface area contributed by atoms with E-state index in [0.29, 0.717) is 0 Å². The van der Waals surface area contributed by atoms with E-state index in [1.54, 1.807) is 20.8 Å². The maximum absolute atomic E-state index is 8.22. The van der Waals surface area contributed by atoms with E-state index in [2.05, 4.69) is 4.65 Å². The quantitative estimate of drug-likeness (QED) is 0.448. The van der Waals surface area contributed by atoms with Gasteiger partial charge in [-0.2, -0.15) is 0 Å². The molecule has 0 unspecified atom stereocenters. The fraction of sp³-hybridized carbons (Fsp3) is 1.00. The zero-order valence-corrected chi connectivity index (χ0v) is 5.38. The van der Waals surface area contributed by atoms with Gasteiger partial charge < -0.3 is 14.7 Å². The van der Waals surface area contributed by atoms with Gasteiger partial charge in [-0.15, -0.1) is 0 Å². The van der Waals surface area contributed by atoms with Gasteiger partial charge in [-0.3, -0.25) is 0 Å². The van der Waals surface area contributed by atoms with Crippen molar-refractivity contribution in [2.24, 2.45) is 0 Å². The van der Waals surface area contributed by atoms with Crippen molar-refractivity contribution in [3.63, 3.8) is 0 Å². The van der Waals surface area contributed by atoms with Crippen LogP contribution in [0.1, 0.15) is 20.8 Å². The first-order valence-corrected chi connectivity index (χ1v) is 2.46. The zero-order valence-electron chi connectivity index (χ0n) is 5.38. The normalized spacial score (nSPS) is 10.3. The Kier molecular flexibility index (Phi) is 5.95. The zero-order chi connectivity index (χ0) is 6.78. The molecular formula is C4H12BLiO3. The van der Waals surface area contributed by atoms with Gasteiger partial charge in [-0.05, 0) is 20.8 Å². The molecule has 0 rings (SSSR count). The molecule has 3 nitrogen and oxygen atoms in total. The summed E-state index contributed by atoms with van der Waals surface area (Å²) in [4.78, 5) is 0. The van der Waals surface area contributed by atoms with Crippen molar-refractivity contribution < 1.29 is 14.7 Å². The molecule has 0 saturated carbocycles. The van der Waals surface area contributed by atoms with E-state index in [-0.39, 0.29) is 18.9 Å². The van der Waals surface area contributed by atoms with Crippen LogP contribution in [-0.4, -0.2) is 41.8 Å². The predicted octanol–water partition coefficient (Wildman–Crippen LogP) is -0.877. The van der Waals surface area contributed by atoms with Crippen molar-refractivity contribution in [2.45, 2.75) is 26.4 Å². The molecule has 0 radical (unpaired) electrons. The van der Waals surface area contributed by atoms with Gasteiger partial charge in [0.2, 0.25) is 0 Å². The molecule has 0 amide bonds. The van der Waals surface area contributed by atoms with Crippen LogP contribution >= 0.6 is 0 Å². The topological polar surface area (TPSA) is 49.7 Å². The molecule has 0 heterocycles. The van der Waals surface area contributed by atoms with Crippen LogP contribution in [0.15, 0.2) is 0 Å². The summed E-state index contributed by atoms with van der Waals surface area (Å²) in [5.41, 5.74) is -0.478. The second kappa shape index (κ2) is 4.37. The summed E-state index contributed by atoms with van der Waals surface area (Å²) in [7, 11) is -1.66. The van der Waals surface area contributed by atoms with Crippen LogP contribution in [0.2, 0.25) is 0 Å². The van der Waals surface area contributed by atoms with Gasteiger partial charge in [0.25, 0.3) is 0 Å². The molecule has 0 aromatic heterocycles. The average molecular weight is 126 g/mol. The second-order valence-electron chi connectivity index (χ2n) is 2.56. The first-order chi connectivity index (χ1) is 3.42. The Morgan fingerprint density at radius 1 is 1.22 bits per heavy atom. The minimum absolute atomic E-state index is 0. The van der Waals surface area contributed by atoms with E-state index in [4.69, 9.17) is 10.0 Å². The van der Waals surface area contributed by atoms with E-state index < -0.39 is 12.9 Å². The molecule has 2 N–H and O–H groups in total. The standard InChI is InChI=1S/C4H11BO3.Li.H/c1-4(2,3)8-5(6)7;;/h6-7H,1-3H3;;. The van der Waals surface area contributed by atoms with E-state index in [1.165, 1.54) is 0 Å². The molecule has 0 spiro atoms. The van der Waals surface area contributed by atoms with Gasteiger partial charge in [-0.1, -0.05) is 0 Å². The molecule has 0 aromatic carbocycles. The molecule has 0 bridgehead atoms. The fourth-order valence-electron chi connectivity index (χ4n) is 0.316. The van der Waals surface area contributed by atoms with E-state index in [9.17, 15) is 0 Å². The summed E-state index contributed by atoms with van der Waals surface area (Å²) in [6.45, 7) is 5.23. The van der Waals surface area contributed by atoms with Gasteiger partial charge >= 0.3 is 26.2 Å². The van der Waals surface area contributed by atoms with Gasteiger partial charge in [-0.25, -0.2) is 0 Å². The molecule has 0 aliphatic heterocycles. The molecular weight excluding hydrogens is 114 g/mol. The van der Waals surface area contributed by atoms with Gasteiger partial charge in [0, 0.05) is 5.60 Å². The van der Waals surface area contributed by atoms with Crippen molar-refractivity contribution in [2.75, 3.05) is 0 Å². The SMILES string of the molecule is CC(C)(C)OB(O)O.[LiH]. The van der Waals surface area contributed by atoms with Crippen molar-refractivity contribution in [3.05, 3.63) is 0 Å². The van der Waals surface area contributed by atoms with E-state index in [1.807, 2.05) is 0 Å². The van der Waals surface area contributed by atoms with Crippen LogP contribution < -0.4 is 0 Å². The Morgan fingerprint density at radius 3 is 1.56 bits per heavy atom. The summed E-state index contributed by atoms with van der Waals surface area (Å²) in [5, 5.41) is 16.4. The average Bonchev–Trinajstić information content (AvgIpc) is 1.21. The van der Waals surface area contributed by atoms with Gasteiger partial charge in [0.05, 0.1) is 0 Å². The van der Waals surface area contributed by atoms with Crippen LogP contribution in [-0.2, 0) is 4.65 Å². The van der Waals surface area contributed by atoms with Crippen LogP contribution in [0.5, 0.6) is 0 Å². The van der Waals surface area contributed by atoms with E-state index in [0.717, 1.165) is 0 Å². The van der Waals surface area contributed by atoms with Crippen molar-refractivity contribution in [1.82, 2.24) is 0 Å². The monoisotopic (exact) mass is 126 g/mol. The van der Waals surface area contributed by atoms with Crippen molar-refractivity contribution in [1.29, 1.82) is 0 Å². The first kappa shape index (κ1) is 12.2. The third kappa shape index (κ3) is 11.9. The van der Waals surface area contributed by atoms with Crippen molar-refractivity contribution in [3.8, 4) is 0 Å². The summed E-state index contributed by atoms with van der Waals surface area (Å²) in [6, 6.07) is 0. The van der Waals surface area contributed by atoms with Crippen LogP contribution in [0.3, 0.4) is 0 Å². The first-order valence-electron chi connectivity index (χ1n) is 2.46. The Hall–Kier alpha value is 0.542. The molecule has 0 atom stereocenters.